The highest BCUT2D eigenvalue weighted by molar-refractivity contribution is 9.10. The molecule has 0 saturated heterocycles. The molecule has 0 aliphatic heterocycles. The summed E-state index contributed by atoms with van der Waals surface area (Å²) in [6.45, 7) is 7.15. The highest BCUT2D eigenvalue weighted by Gasteiger charge is 2.01. The molecule has 15 heavy (non-hydrogen) atoms. The molecule has 0 atom stereocenters. The van der Waals surface area contributed by atoms with Crippen LogP contribution in [0.5, 0.6) is 5.75 Å². The Balaban J connectivity index is 2.73. The Hall–Kier alpha value is -0.800. The van der Waals surface area contributed by atoms with Crippen LogP contribution in [0.1, 0.15) is 12.5 Å². The summed E-state index contributed by atoms with van der Waals surface area (Å²) < 4.78 is 6.66. The van der Waals surface area contributed by atoms with Crippen LogP contribution in [-0.2, 0) is 6.54 Å². The molecule has 1 aromatic rings. The van der Waals surface area contributed by atoms with Crippen LogP contribution in [0, 0.1) is 0 Å². The lowest BCUT2D eigenvalue weighted by atomic mass is 10.2. The first-order valence-electron chi connectivity index (χ1n) is 4.83. The van der Waals surface area contributed by atoms with Gasteiger partial charge in [-0.1, -0.05) is 22.5 Å². The monoisotopic (exact) mass is 269 g/mol. The van der Waals surface area contributed by atoms with E-state index in [0.29, 0.717) is 6.61 Å². The van der Waals surface area contributed by atoms with Crippen LogP contribution >= 0.6 is 15.9 Å². The first-order valence-corrected chi connectivity index (χ1v) is 5.63. The van der Waals surface area contributed by atoms with Crippen LogP contribution in [0.3, 0.4) is 0 Å². The molecule has 1 rings (SSSR count). The smallest absolute Gasteiger partial charge is 0.120 e. The number of benzene rings is 1. The quantitative estimate of drug-likeness (QED) is 0.830. The Labute approximate surface area is 99.5 Å². The molecule has 0 amide bonds. The third-order valence-corrected chi connectivity index (χ3v) is 2.64. The zero-order valence-electron chi connectivity index (χ0n) is 9.14. The average Bonchev–Trinajstić information content (AvgIpc) is 2.19. The second-order valence-corrected chi connectivity index (χ2v) is 4.38. The number of ether oxygens (including phenoxy) is 1. The van der Waals surface area contributed by atoms with Gasteiger partial charge in [-0.15, -0.1) is 0 Å². The van der Waals surface area contributed by atoms with Crippen molar-refractivity contribution in [3.05, 3.63) is 40.4 Å². The fourth-order valence-electron chi connectivity index (χ4n) is 1.17. The molecule has 82 valence electrons. The summed E-state index contributed by atoms with van der Waals surface area (Å²) in [7, 11) is 1.92. The summed E-state index contributed by atoms with van der Waals surface area (Å²) in [5.41, 5.74) is 2.21. The number of nitrogens with one attached hydrogen (secondary N) is 1. The van der Waals surface area contributed by atoms with E-state index < -0.39 is 0 Å². The van der Waals surface area contributed by atoms with E-state index in [-0.39, 0.29) is 0 Å². The molecule has 0 radical (unpaired) electrons. The van der Waals surface area contributed by atoms with E-state index in [2.05, 4.69) is 27.8 Å². The molecular formula is C12H16BrNO. The number of hydrogen-bond acceptors (Lipinski definition) is 2. The molecule has 0 bridgehead atoms. The van der Waals surface area contributed by atoms with E-state index in [9.17, 15) is 0 Å². The molecule has 0 aliphatic carbocycles. The molecular weight excluding hydrogens is 254 g/mol. The summed E-state index contributed by atoms with van der Waals surface area (Å²) in [5, 5.41) is 3.11. The lowest BCUT2D eigenvalue weighted by Crippen LogP contribution is -2.06. The van der Waals surface area contributed by atoms with Crippen molar-refractivity contribution in [1.29, 1.82) is 0 Å². The van der Waals surface area contributed by atoms with E-state index in [4.69, 9.17) is 4.74 Å². The molecule has 0 fully saturated rings. The zero-order valence-corrected chi connectivity index (χ0v) is 10.7. The maximum atomic E-state index is 5.56. The first-order chi connectivity index (χ1) is 7.13. The molecule has 3 heteroatoms. The van der Waals surface area contributed by atoms with Gasteiger partial charge in [0.05, 0.1) is 0 Å². The van der Waals surface area contributed by atoms with Crippen molar-refractivity contribution in [2.24, 2.45) is 0 Å². The molecule has 0 aliphatic rings. The van der Waals surface area contributed by atoms with Crippen LogP contribution in [-0.4, -0.2) is 13.7 Å². The Bertz CT molecular complexity index is 349. The van der Waals surface area contributed by atoms with Gasteiger partial charge in [0.1, 0.15) is 12.4 Å². The maximum Gasteiger partial charge on any atom is 0.120 e. The van der Waals surface area contributed by atoms with Crippen molar-refractivity contribution >= 4 is 15.9 Å². The predicted molar refractivity (Wildman–Crippen MR) is 67.2 cm³/mol. The third kappa shape index (κ3) is 4.06. The Kier molecular flexibility index (Phi) is 4.85. The molecule has 0 heterocycles. The first kappa shape index (κ1) is 12.3. The SMILES string of the molecule is C=C(C)COc1ccc(Br)c(CNC)c1. The second kappa shape index (κ2) is 5.93. The summed E-state index contributed by atoms with van der Waals surface area (Å²) in [6.07, 6.45) is 0. The van der Waals surface area contributed by atoms with E-state index in [1.165, 1.54) is 5.56 Å². The minimum absolute atomic E-state index is 0.570. The van der Waals surface area contributed by atoms with Gasteiger partial charge in [-0.3, -0.25) is 0 Å². The molecule has 0 unspecified atom stereocenters. The van der Waals surface area contributed by atoms with E-state index in [1.54, 1.807) is 0 Å². The fourth-order valence-corrected chi connectivity index (χ4v) is 1.56. The van der Waals surface area contributed by atoms with Crippen LogP contribution in [0.15, 0.2) is 34.8 Å². The zero-order chi connectivity index (χ0) is 11.3. The minimum atomic E-state index is 0.570. The van der Waals surface area contributed by atoms with Gasteiger partial charge < -0.3 is 10.1 Å². The van der Waals surface area contributed by atoms with Gasteiger partial charge in [0.25, 0.3) is 0 Å². The predicted octanol–water partition coefficient (Wildman–Crippen LogP) is 3.12. The van der Waals surface area contributed by atoms with Gasteiger partial charge in [0, 0.05) is 11.0 Å². The number of rotatable bonds is 5. The Morgan fingerprint density at radius 3 is 2.87 bits per heavy atom. The van der Waals surface area contributed by atoms with Crippen molar-refractivity contribution in [3.63, 3.8) is 0 Å². The van der Waals surface area contributed by atoms with Crippen molar-refractivity contribution in [2.45, 2.75) is 13.5 Å². The summed E-state index contributed by atoms with van der Waals surface area (Å²) in [4.78, 5) is 0. The van der Waals surface area contributed by atoms with Crippen molar-refractivity contribution in [2.75, 3.05) is 13.7 Å². The van der Waals surface area contributed by atoms with Gasteiger partial charge in [0.2, 0.25) is 0 Å². The van der Waals surface area contributed by atoms with Gasteiger partial charge in [0.15, 0.2) is 0 Å². The third-order valence-electron chi connectivity index (χ3n) is 1.87. The van der Waals surface area contributed by atoms with E-state index in [1.807, 2.05) is 32.2 Å². The maximum absolute atomic E-state index is 5.56. The van der Waals surface area contributed by atoms with Crippen molar-refractivity contribution in [1.82, 2.24) is 5.32 Å². The largest absolute Gasteiger partial charge is 0.489 e. The molecule has 0 aromatic heterocycles. The standard InChI is InChI=1S/C12H16BrNO/c1-9(2)8-15-11-4-5-12(13)10(6-11)7-14-3/h4-6,14H,1,7-8H2,2-3H3. The normalized spacial score (nSPS) is 10.1. The number of halogens is 1. The lowest BCUT2D eigenvalue weighted by Gasteiger charge is -2.09. The minimum Gasteiger partial charge on any atom is -0.489 e. The highest BCUT2D eigenvalue weighted by atomic mass is 79.9. The van der Waals surface area contributed by atoms with E-state index >= 15 is 0 Å². The fraction of sp³-hybridized carbons (Fsp3) is 0.333. The molecule has 1 aromatic carbocycles. The molecule has 0 saturated carbocycles. The van der Waals surface area contributed by atoms with Crippen molar-refractivity contribution in [3.8, 4) is 5.75 Å². The molecule has 2 nitrogen and oxygen atoms in total. The van der Waals surface area contributed by atoms with Crippen LogP contribution < -0.4 is 10.1 Å². The molecule has 1 N–H and O–H groups in total. The van der Waals surface area contributed by atoms with Crippen LogP contribution in [0.4, 0.5) is 0 Å². The van der Waals surface area contributed by atoms with Crippen LogP contribution in [0.25, 0.3) is 0 Å². The van der Waals surface area contributed by atoms with Gasteiger partial charge in [-0.05, 0) is 43.3 Å². The summed E-state index contributed by atoms with van der Waals surface area (Å²) >= 11 is 3.50. The number of hydrogen-bond donors (Lipinski definition) is 1. The summed E-state index contributed by atoms with van der Waals surface area (Å²) in [6, 6.07) is 5.98. The van der Waals surface area contributed by atoms with Gasteiger partial charge in [-0.25, -0.2) is 0 Å². The van der Waals surface area contributed by atoms with Gasteiger partial charge >= 0.3 is 0 Å². The second-order valence-electron chi connectivity index (χ2n) is 3.53. The van der Waals surface area contributed by atoms with Gasteiger partial charge in [-0.2, -0.15) is 0 Å². The average molecular weight is 270 g/mol. The highest BCUT2D eigenvalue weighted by Crippen LogP contribution is 2.22. The topological polar surface area (TPSA) is 21.3 Å². The van der Waals surface area contributed by atoms with Crippen molar-refractivity contribution < 1.29 is 4.74 Å². The van der Waals surface area contributed by atoms with E-state index in [0.717, 1.165) is 22.3 Å². The lowest BCUT2D eigenvalue weighted by molar-refractivity contribution is 0.352. The molecule has 0 spiro atoms. The summed E-state index contributed by atoms with van der Waals surface area (Å²) in [5.74, 6) is 0.881. The van der Waals surface area contributed by atoms with Crippen LogP contribution in [0.2, 0.25) is 0 Å². The Morgan fingerprint density at radius 1 is 1.53 bits per heavy atom. The Morgan fingerprint density at radius 2 is 2.27 bits per heavy atom.